The minimum absolute atomic E-state index is 0.336. The Morgan fingerprint density at radius 3 is 2.83 bits per heavy atom. The molecule has 3 N–H and O–H groups in total. The maximum absolute atomic E-state index is 11.8. The van der Waals surface area contributed by atoms with Gasteiger partial charge in [-0.05, 0) is 25.9 Å². The van der Waals surface area contributed by atoms with E-state index < -0.39 is 11.8 Å². The van der Waals surface area contributed by atoms with Crippen LogP contribution in [0.2, 0.25) is 0 Å². The molecular weight excluding hydrogens is 232 g/mol. The monoisotopic (exact) mass is 256 g/mol. The fourth-order valence-corrected chi connectivity index (χ4v) is 2.35. The molecule has 6 nitrogen and oxygen atoms in total. The highest BCUT2D eigenvalue weighted by molar-refractivity contribution is 6.34. The molecule has 1 rings (SSSR count). The number of amides is 2. The van der Waals surface area contributed by atoms with Crippen LogP contribution in [0.15, 0.2) is 0 Å². The number of carbonyl (C=O) groups is 2. The fraction of sp³-hybridized carbons (Fsp3) is 0.833. The third-order valence-electron chi connectivity index (χ3n) is 3.36. The second kappa shape index (κ2) is 7.33. The number of nitrogens with two attached hydrogens (primary N) is 1. The summed E-state index contributed by atoms with van der Waals surface area (Å²) in [5.74, 6) is -1.05. The number of nitrogens with one attached hydrogen (secondary N) is 1. The molecule has 2 amide bonds. The molecule has 1 unspecified atom stereocenters. The van der Waals surface area contributed by atoms with Gasteiger partial charge in [0.1, 0.15) is 0 Å². The maximum Gasteiger partial charge on any atom is 0.311 e. The molecule has 0 aromatic carbocycles. The van der Waals surface area contributed by atoms with E-state index in [4.69, 9.17) is 5.73 Å². The van der Waals surface area contributed by atoms with Gasteiger partial charge in [0.15, 0.2) is 0 Å². The molecule has 18 heavy (non-hydrogen) atoms. The van der Waals surface area contributed by atoms with Gasteiger partial charge in [0, 0.05) is 32.7 Å². The first-order chi connectivity index (χ1) is 8.60. The van der Waals surface area contributed by atoms with E-state index in [0.29, 0.717) is 25.7 Å². The van der Waals surface area contributed by atoms with Gasteiger partial charge in [-0.3, -0.25) is 14.5 Å². The van der Waals surface area contributed by atoms with Gasteiger partial charge in [0.2, 0.25) is 0 Å². The highest BCUT2D eigenvalue weighted by atomic mass is 16.2. The van der Waals surface area contributed by atoms with Crippen LogP contribution in [0.1, 0.15) is 19.8 Å². The largest absolute Gasteiger partial charge is 0.347 e. The van der Waals surface area contributed by atoms with Crippen LogP contribution in [0.4, 0.5) is 0 Å². The van der Waals surface area contributed by atoms with Gasteiger partial charge in [0.05, 0.1) is 0 Å². The predicted octanol–water partition coefficient (Wildman–Crippen LogP) is -0.996. The first kappa shape index (κ1) is 14.9. The number of nitrogens with zero attached hydrogens (tertiary/aromatic N) is 2. The second-order valence-electron chi connectivity index (χ2n) is 4.65. The molecule has 1 fully saturated rings. The summed E-state index contributed by atoms with van der Waals surface area (Å²) >= 11 is 0. The molecule has 1 aliphatic rings. The molecule has 1 heterocycles. The van der Waals surface area contributed by atoms with E-state index >= 15 is 0 Å². The van der Waals surface area contributed by atoms with Crippen LogP contribution < -0.4 is 11.1 Å². The standard InChI is InChI=1S/C12H24N4O2/c1-3-16-8-4-5-10(16)9-15(2)12(18)11(17)14-7-6-13/h10H,3-9,13H2,1-2H3,(H,14,17). The zero-order chi connectivity index (χ0) is 13.5. The highest BCUT2D eigenvalue weighted by Crippen LogP contribution is 2.17. The van der Waals surface area contributed by atoms with Crippen molar-refractivity contribution < 1.29 is 9.59 Å². The van der Waals surface area contributed by atoms with Gasteiger partial charge >= 0.3 is 11.8 Å². The third-order valence-corrected chi connectivity index (χ3v) is 3.36. The summed E-state index contributed by atoms with van der Waals surface area (Å²) in [5, 5.41) is 2.49. The summed E-state index contributed by atoms with van der Waals surface area (Å²) < 4.78 is 0. The Morgan fingerprint density at radius 2 is 2.22 bits per heavy atom. The minimum atomic E-state index is -0.566. The fourth-order valence-electron chi connectivity index (χ4n) is 2.35. The van der Waals surface area contributed by atoms with E-state index in [-0.39, 0.29) is 0 Å². The Balaban J connectivity index is 2.41. The number of hydrogen-bond acceptors (Lipinski definition) is 4. The van der Waals surface area contributed by atoms with Gasteiger partial charge in [-0.1, -0.05) is 6.92 Å². The van der Waals surface area contributed by atoms with Crippen LogP contribution in [0.5, 0.6) is 0 Å². The number of carbonyl (C=O) groups excluding carboxylic acids is 2. The molecule has 0 radical (unpaired) electrons. The minimum Gasteiger partial charge on any atom is -0.347 e. The topological polar surface area (TPSA) is 78.7 Å². The summed E-state index contributed by atoms with van der Waals surface area (Å²) in [6, 6.07) is 0.381. The Kier molecular flexibility index (Phi) is 6.07. The molecule has 0 bridgehead atoms. The molecule has 6 heteroatoms. The molecule has 1 saturated heterocycles. The van der Waals surface area contributed by atoms with E-state index in [1.807, 2.05) is 0 Å². The maximum atomic E-state index is 11.8. The summed E-state index contributed by atoms with van der Waals surface area (Å²) in [6.07, 6.45) is 2.26. The van der Waals surface area contributed by atoms with Crippen molar-refractivity contribution in [3.05, 3.63) is 0 Å². The SMILES string of the molecule is CCN1CCCC1CN(C)C(=O)C(=O)NCCN. The Labute approximate surface area is 108 Å². The Bertz CT molecular complexity index is 296. The lowest BCUT2D eigenvalue weighted by Crippen LogP contribution is -2.47. The van der Waals surface area contributed by atoms with Crippen molar-refractivity contribution in [2.45, 2.75) is 25.8 Å². The number of likely N-dealkylation sites (tertiary alicyclic amines) is 1. The molecule has 0 spiro atoms. The molecule has 0 aliphatic carbocycles. The van der Waals surface area contributed by atoms with Gasteiger partial charge < -0.3 is 16.0 Å². The number of likely N-dealkylation sites (N-methyl/N-ethyl adjacent to an activating group) is 2. The molecule has 0 aromatic rings. The van der Waals surface area contributed by atoms with Crippen LogP contribution in [-0.4, -0.2) is 67.4 Å². The summed E-state index contributed by atoms with van der Waals surface area (Å²) in [4.78, 5) is 27.1. The van der Waals surface area contributed by atoms with Crippen LogP contribution >= 0.6 is 0 Å². The van der Waals surface area contributed by atoms with Gasteiger partial charge in [-0.15, -0.1) is 0 Å². The van der Waals surface area contributed by atoms with Crippen molar-refractivity contribution in [1.82, 2.24) is 15.1 Å². The zero-order valence-corrected chi connectivity index (χ0v) is 11.3. The summed E-state index contributed by atoms with van der Waals surface area (Å²) in [5.41, 5.74) is 5.28. The van der Waals surface area contributed by atoms with Crippen LogP contribution in [0.3, 0.4) is 0 Å². The van der Waals surface area contributed by atoms with Crippen LogP contribution in [-0.2, 0) is 9.59 Å². The third kappa shape index (κ3) is 3.96. The van der Waals surface area contributed by atoms with Gasteiger partial charge in [0.25, 0.3) is 0 Å². The van der Waals surface area contributed by atoms with E-state index in [1.54, 1.807) is 7.05 Å². The van der Waals surface area contributed by atoms with Crippen molar-refractivity contribution in [2.75, 3.05) is 39.8 Å². The number of rotatable bonds is 5. The number of hydrogen-bond donors (Lipinski definition) is 2. The molecule has 0 aromatic heterocycles. The smallest absolute Gasteiger partial charge is 0.311 e. The van der Waals surface area contributed by atoms with Crippen molar-refractivity contribution in [1.29, 1.82) is 0 Å². The Hall–Kier alpha value is -1.14. The Morgan fingerprint density at radius 1 is 1.50 bits per heavy atom. The van der Waals surface area contributed by atoms with E-state index in [2.05, 4.69) is 17.1 Å². The first-order valence-electron chi connectivity index (χ1n) is 6.57. The average Bonchev–Trinajstić information content (AvgIpc) is 2.81. The van der Waals surface area contributed by atoms with Crippen molar-refractivity contribution >= 4 is 11.8 Å². The van der Waals surface area contributed by atoms with E-state index in [0.717, 1.165) is 19.5 Å². The lowest BCUT2D eigenvalue weighted by atomic mass is 10.2. The first-order valence-corrected chi connectivity index (χ1v) is 6.57. The highest BCUT2D eigenvalue weighted by Gasteiger charge is 2.27. The van der Waals surface area contributed by atoms with Crippen molar-refractivity contribution in [3.63, 3.8) is 0 Å². The normalized spacial score (nSPS) is 19.8. The van der Waals surface area contributed by atoms with Crippen molar-refractivity contribution in [2.24, 2.45) is 5.73 Å². The van der Waals surface area contributed by atoms with Crippen LogP contribution in [0, 0.1) is 0 Å². The molecule has 0 saturated carbocycles. The van der Waals surface area contributed by atoms with Crippen LogP contribution in [0.25, 0.3) is 0 Å². The molecule has 1 atom stereocenters. The summed E-state index contributed by atoms with van der Waals surface area (Å²) in [7, 11) is 1.68. The van der Waals surface area contributed by atoms with E-state index in [9.17, 15) is 9.59 Å². The zero-order valence-electron chi connectivity index (χ0n) is 11.3. The predicted molar refractivity (Wildman–Crippen MR) is 70.0 cm³/mol. The van der Waals surface area contributed by atoms with Gasteiger partial charge in [-0.25, -0.2) is 0 Å². The van der Waals surface area contributed by atoms with E-state index in [1.165, 1.54) is 11.3 Å². The molecular formula is C12H24N4O2. The van der Waals surface area contributed by atoms with Gasteiger partial charge in [-0.2, -0.15) is 0 Å². The second-order valence-corrected chi connectivity index (χ2v) is 4.65. The average molecular weight is 256 g/mol. The molecule has 1 aliphatic heterocycles. The molecule has 104 valence electrons. The quantitative estimate of drug-likeness (QED) is 0.619. The van der Waals surface area contributed by atoms with Crippen molar-refractivity contribution in [3.8, 4) is 0 Å². The lowest BCUT2D eigenvalue weighted by Gasteiger charge is -2.27. The summed E-state index contributed by atoms with van der Waals surface area (Å²) in [6.45, 7) is 5.49. The lowest BCUT2D eigenvalue weighted by molar-refractivity contribution is -0.145.